The van der Waals surface area contributed by atoms with Gasteiger partial charge in [-0.1, -0.05) is 11.6 Å². The van der Waals surface area contributed by atoms with Crippen LogP contribution in [0.1, 0.15) is 34.1 Å². The fourth-order valence-electron chi connectivity index (χ4n) is 3.54. The molecular formula is C19H22ClNO4. The Morgan fingerprint density at radius 1 is 1.28 bits per heavy atom. The molecule has 0 atom stereocenters. The van der Waals surface area contributed by atoms with Gasteiger partial charge in [-0.25, -0.2) is 4.79 Å². The quantitative estimate of drug-likeness (QED) is 0.765. The summed E-state index contributed by atoms with van der Waals surface area (Å²) in [6.45, 7) is 6.87. The number of hydrogen-bond acceptors (Lipinski definition) is 4. The van der Waals surface area contributed by atoms with Crippen molar-refractivity contribution in [2.45, 2.75) is 33.7 Å². The highest BCUT2D eigenvalue weighted by Crippen LogP contribution is 2.47. The van der Waals surface area contributed by atoms with Gasteiger partial charge in [-0.15, -0.1) is 0 Å². The highest BCUT2D eigenvalue weighted by Gasteiger charge is 2.31. The number of aromatic nitrogens is 1. The average Bonchev–Trinajstić information content (AvgIpc) is 2.86. The van der Waals surface area contributed by atoms with Gasteiger partial charge in [0, 0.05) is 17.8 Å². The predicted molar refractivity (Wildman–Crippen MR) is 97.1 cm³/mol. The lowest BCUT2D eigenvalue weighted by Gasteiger charge is -2.24. The summed E-state index contributed by atoms with van der Waals surface area (Å²) in [5, 5.41) is 0.536. The SMILES string of the molecule is CCOC(=O)c1c(C)c(C)n2c1-c1cc(OC)c(OC)c(Cl)c1CC2. The van der Waals surface area contributed by atoms with Crippen LogP contribution in [-0.2, 0) is 17.7 Å². The van der Waals surface area contributed by atoms with Crippen molar-refractivity contribution in [1.82, 2.24) is 4.57 Å². The summed E-state index contributed by atoms with van der Waals surface area (Å²) < 4.78 is 18.3. The van der Waals surface area contributed by atoms with E-state index in [1.54, 1.807) is 21.1 Å². The largest absolute Gasteiger partial charge is 0.493 e. The second-order valence-corrected chi connectivity index (χ2v) is 6.39. The molecule has 0 bridgehead atoms. The minimum atomic E-state index is -0.310. The van der Waals surface area contributed by atoms with Gasteiger partial charge >= 0.3 is 5.97 Å². The summed E-state index contributed by atoms with van der Waals surface area (Å²) in [5.41, 5.74) is 5.31. The number of fused-ring (bicyclic) bond motifs is 3. The molecule has 0 spiro atoms. The summed E-state index contributed by atoms with van der Waals surface area (Å²) in [7, 11) is 3.14. The fourth-order valence-corrected chi connectivity index (χ4v) is 3.91. The summed E-state index contributed by atoms with van der Waals surface area (Å²) >= 11 is 6.59. The number of ether oxygens (including phenoxy) is 3. The zero-order chi connectivity index (χ0) is 18.3. The van der Waals surface area contributed by atoms with E-state index in [1.165, 1.54) is 0 Å². The highest BCUT2D eigenvalue weighted by atomic mass is 35.5. The van der Waals surface area contributed by atoms with Crippen molar-refractivity contribution in [2.24, 2.45) is 0 Å². The van der Waals surface area contributed by atoms with Gasteiger partial charge in [0.15, 0.2) is 11.5 Å². The van der Waals surface area contributed by atoms with Crippen LogP contribution in [0.3, 0.4) is 0 Å². The molecule has 2 heterocycles. The second kappa shape index (κ2) is 6.64. The van der Waals surface area contributed by atoms with Gasteiger partial charge in [-0.05, 0) is 44.4 Å². The number of carbonyl (C=O) groups is 1. The molecule has 0 saturated heterocycles. The van der Waals surface area contributed by atoms with Crippen LogP contribution in [0.25, 0.3) is 11.3 Å². The number of nitrogens with zero attached hydrogens (tertiary/aromatic N) is 1. The van der Waals surface area contributed by atoms with E-state index in [0.717, 1.165) is 41.0 Å². The standard InChI is InChI=1S/C19H22ClNO4/c1-6-25-19(22)15-10(2)11(3)21-8-7-12-13(17(15)21)9-14(23-4)18(24-5)16(12)20/h9H,6-8H2,1-5H3. The van der Waals surface area contributed by atoms with E-state index < -0.39 is 0 Å². The van der Waals surface area contributed by atoms with E-state index in [1.807, 2.05) is 19.9 Å². The third kappa shape index (κ3) is 2.58. The number of rotatable bonds is 4. The van der Waals surface area contributed by atoms with Crippen LogP contribution in [-0.4, -0.2) is 31.4 Å². The van der Waals surface area contributed by atoms with Crippen LogP contribution in [0, 0.1) is 13.8 Å². The van der Waals surface area contributed by atoms with Gasteiger partial charge in [0.05, 0.1) is 37.1 Å². The molecule has 0 saturated carbocycles. The minimum Gasteiger partial charge on any atom is -0.493 e. The molecule has 134 valence electrons. The molecule has 6 heteroatoms. The normalized spacial score (nSPS) is 12.4. The van der Waals surface area contributed by atoms with Crippen molar-refractivity contribution < 1.29 is 19.0 Å². The second-order valence-electron chi connectivity index (χ2n) is 6.01. The van der Waals surface area contributed by atoms with Gasteiger partial charge in [0.25, 0.3) is 0 Å². The smallest absolute Gasteiger partial charge is 0.340 e. The van der Waals surface area contributed by atoms with Gasteiger partial charge in [0.1, 0.15) is 0 Å². The zero-order valence-corrected chi connectivity index (χ0v) is 15.9. The predicted octanol–water partition coefficient (Wildman–Crippen LogP) is 4.18. The molecule has 0 radical (unpaired) electrons. The van der Waals surface area contributed by atoms with E-state index in [9.17, 15) is 4.79 Å². The van der Waals surface area contributed by atoms with Crippen molar-refractivity contribution in [3.63, 3.8) is 0 Å². The van der Waals surface area contributed by atoms with Crippen LogP contribution < -0.4 is 9.47 Å². The van der Waals surface area contributed by atoms with Gasteiger partial charge in [-0.2, -0.15) is 0 Å². The zero-order valence-electron chi connectivity index (χ0n) is 15.2. The van der Waals surface area contributed by atoms with Crippen LogP contribution in [0.5, 0.6) is 11.5 Å². The van der Waals surface area contributed by atoms with E-state index in [0.29, 0.717) is 28.7 Å². The maximum Gasteiger partial charge on any atom is 0.340 e. The highest BCUT2D eigenvalue weighted by molar-refractivity contribution is 6.33. The average molecular weight is 364 g/mol. The Kier molecular flexibility index (Phi) is 4.69. The first kappa shape index (κ1) is 17.7. The molecule has 1 aliphatic rings. The molecular weight excluding hydrogens is 342 g/mol. The number of methoxy groups -OCH3 is 2. The van der Waals surface area contributed by atoms with E-state index in [2.05, 4.69) is 4.57 Å². The Bertz CT molecular complexity index is 854. The molecule has 0 amide bonds. The summed E-state index contributed by atoms with van der Waals surface area (Å²) in [6.07, 6.45) is 0.763. The van der Waals surface area contributed by atoms with E-state index in [4.69, 9.17) is 25.8 Å². The maximum absolute atomic E-state index is 12.6. The number of esters is 1. The van der Waals surface area contributed by atoms with Crippen LogP contribution in [0.15, 0.2) is 6.07 Å². The first-order valence-electron chi connectivity index (χ1n) is 8.26. The Morgan fingerprint density at radius 2 is 2.00 bits per heavy atom. The molecule has 1 aromatic heterocycles. The molecule has 5 nitrogen and oxygen atoms in total. The van der Waals surface area contributed by atoms with Crippen molar-refractivity contribution in [3.8, 4) is 22.8 Å². The molecule has 3 rings (SSSR count). The molecule has 0 unspecified atom stereocenters. The summed E-state index contributed by atoms with van der Waals surface area (Å²) in [4.78, 5) is 12.6. The molecule has 1 aliphatic heterocycles. The maximum atomic E-state index is 12.6. The first-order chi connectivity index (χ1) is 12.0. The van der Waals surface area contributed by atoms with Crippen LogP contribution in [0.4, 0.5) is 0 Å². The number of halogens is 1. The fraction of sp³-hybridized carbons (Fsp3) is 0.421. The number of hydrogen-bond donors (Lipinski definition) is 0. The third-order valence-electron chi connectivity index (χ3n) is 4.86. The number of benzene rings is 1. The topological polar surface area (TPSA) is 49.7 Å². The van der Waals surface area contributed by atoms with E-state index >= 15 is 0 Å². The molecule has 0 aliphatic carbocycles. The van der Waals surface area contributed by atoms with Gasteiger partial charge in [0.2, 0.25) is 0 Å². The monoisotopic (exact) mass is 363 g/mol. The Balaban J connectivity index is 2.33. The Labute approximate surface area is 152 Å². The summed E-state index contributed by atoms with van der Waals surface area (Å²) in [5.74, 6) is 0.760. The van der Waals surface area contributed by atoms with E-state index in [-0.39, 0.29) is 5.97 Å². The van der Waals surface area contributed by atoms with Crippen molar-refractivity contribution in [1.29, 1.82) is 0 Å². The van der Waals surface area contributed by atoms with Crippen LogP contribution in [0.2, 0.25) is 5.02 Å². The van der Waals surface area contributed by atoms with Crippen LogP contribution >= 0.6 is 11.6 Å². The van der Waals surface area contributed by atoms with Crippen molar-refractivity contribution in [2.75, 3.05) is 20.8 Å². The number of carbonyl (C=O) groups excluding carboxylic acids is 1. The molecule has 25 heavy (non-hydrogen) atoms. The van der Waals surface area contributed by atoms with Gasteiger partial charge in [-0.3, -0.25) is 0 Å². The summed E-state index contributed by atoms with van der Waals surface area (Å²) in [6, 6.07) is 1.90. The lowest BCUT2D eigenvalue weighted by Crippen LogP contribution is -2.15. The van der Waals surface area contributed by atoms with Crippen molar-refractivity contribution in [3.05, 3.63) is 33.5 Å². The van der Waals surface area contributed by atoms with Crippen molar-refractivity contribution >= 4 is 17.6 Å². The molecule has 1 aromatic carbocycles. The lowest BCUT2D eigenvalue weighted by molar-refractivity contribution is 0.0526. The first-order valence-corrected chi connectivity index (χ1v) is 8.64. The lowest BCUT2D eigenvalue weighted by atomic mass is 9.94. The Hall–Kier alpha value is -2.14. The molecule has 0 fully saturated rings. The minimum absolute atomic E-state index is 0.310. The third-order valence-corrected chi connectivity index (χ3v) is 5.26. The Morgan fingerprint density at radius 3 is 2.60 bits per heavy atom. The molecule has 0 N–H and O–H groups in total. The molecule has 2 aromatic rings. The van der Waals surface area contributed by atoms with Gasteiger partial charge < -0.3 is 18.8 Å².